The second-order valence-corrected chi connectivity index (χ2v) is 4.36. The molecule has 0 saturated heterocycles. The molecule has 0 aliphatic rings. The molecule has 1 aromatic rings. The van der Waals surface area contributed by atoms with Crippen molar-refractivity contribution in [2.45, 2.75) is 13.0 Å². The third kappa shape index (κ3) is 5.78. The second kappa shape index (κ2) is 9.28. The molecule has 0 heterocycles. The van der Waals surface area contributed by atoms with E-state index in [-0.39, 0.29) is 10.8 Å². The minimum atomic E-state index is -0.364. The van der Waals surface area contributed by atoms with Gasteiger partial charge in [0.1, 0.15) is 5.82 Å². The van der Waals surface area contributed by atoms with Gasteiger partial charge in [-0.25, -0.2) is 4.39 Å². The largest absolute Gasteiger partial charge is 0.383 e. The van der Waals surface area contributed by atoms with Crippen LogP contribution in [-0.2, 0) is 11.3 Å². The minimum absolute atomic E-state index is 0.211. The van der Waals surface area contributed by atoms with Crippen LogP contribution in [0.2, 0.25) is 5.02 Å². The van der Waals surface area contributed by atoms with Crippen molar-refractivity contribution < 1.29 is 9.13 Å². The molecule has 0 bridgehead atoms. The van der Waals surface area contributed by atoms with Crippen molar-refractivity contribution in [3.63, 3.8) is 0 Å². The summed E-state index contributed by atoms with van der Waals surface area (Å²) in [5.74, 6) is -0.364. The van der Waals surface area contributed by atoms with Crippen LogP contribution in [-0.4, -0.2) is 33.4 Å². The maximum absolute atomic E-state index is 13.1. The van der Waals surface area contributed by atoms with Gasteiger partial charge in [-0.1, -0.05) is 23.7 Å². The predicted molar refractivity (Wildman–Crippen MR) is 72.5 cm³/mol. The summed E-state index contributed by atoms with van der Waals surface area (Å²) < 4.78 is 18.1. The zero-order valence-electron chi connectivity index (χ0n) is 10.6. The molecular weight excluding hydrogens is 255 g/mol. The van der Waals surface area contributed by atoms with Gasteiger partial charge in [-0.15, -0.1) is 0 Å². The van der Waals surface area contributed by atoms with Gasteiger partial charge in [-0.05, 0) is 31.1 Å². The summed E-state index contributed by atoms with van der Waals surface area (Å²) in [7, 11) is 1.69. The van der Waals surface area contributed by atoms with Crippen molar-refractivity contribution in [2.24, 2.45) is 0 Å². The van der Waals surface area contributed by atoms with Crippen LogP contribution < -0.4 is 10.6 Å². The molecule has 102 valence electrons. The van der Waals surface area contributed by atoms with Crippen LogP contribution in [0.5, 0.6) is 0 Å². The highest BCUT2D eigenvalue weighted by atomic mass is 35.5. The summed E-state index contributed by atoms with van der Waals surface area (Å²) in [4.78, 5) is 0. The first kappa shape index (κ1) is 15.4. The molecule has 0 aliphatic carbocycles. The van der Waals surface area contributed by atoms with Gasteiger partial charge in [0.25, 0.3) is 0 Å². The number of methoxy groups -OCH3 is 1. The number of ether oxygens (including phenoxy) is 1. The van der Waals surface area contributed by atoms with Crippen molar-refractivity contribution >= 4 is 11.6 Å². The molecular formula is C13H20ClFN2O. The maximum Gasteiger partial charge on any atom is 0.142 e. The van der Waals surface area contributed by atoms with Gasteiger partial charge < -0.3 is 15.4 Å². The van der Waals surface area contributed by atoms with Gasteiger partial charge in [0, 0.05) is 20.2 Å². The second-order valence-electron chi connectivity index (χ2n) is 3.99. The van der Waals surface area contributed by atoms with Crippen molar-refractivity contribution in [1.29, 1.82) is 0 Å². The summed E-state index contributed by atoms with van der Waals surface area (Å²) in [6.07, 6.45) is 1.01. The number of nitrogens with one attached hydrogen (secondary N) is 2. The van der Waals surface area contributed by atoms with E-state index in [1.807, 2.05) is 6.07 Å². The Morgan fingerprint density at radius 3 is 2.78 bits per heavy atom. The van der Waals surface area contributed by atoms with E-state index in [2.05, 4.69) is 10.6 Å². The number of benzene rings is 1. The van der Waals surface area contributed by atoms with E-state index in [4.69, 9.17) is 16.3 Å². The van der Waals surface area contributed by atoms with Gasteiger partial charge in [0.2, 0.25) is 0 Å². The Labute approximate surface area is 113 Å². The average molecular weight is 275 g/mol. The van der Waals surface area contributed by atoms with Crippen LogP contribution in [0.25, 0.3) is 0 Å². The van der Waals surface area contributed by atoms with Crippen molar-refractivity contribution in [2.75, 3.05) is 33.4 Å². The van der Waals surface area contributed by atoms with Crippen LogP contribution >= 0.6 is 11.6 Å². The zero-order chi connectivity index (χ0) is 13.2. The Morgan fingerprint density at radius 2 is 2.00 bits per heavy atom. The standard InChI is InChI=1S/C13H20ClFN2O/c1-18-9-8-16-6-3-7-17-10-11-4-2-5-12(15)13(11)14/h2,4-5,16-17H,3,6-10H2,1H3. The van der Waals surface area contributed by atoms with E-state index in [9.17, 15) is 4.39 Å². The summed E-state index contributed by atoms with van der Waals surface area (Å²) in [5, 5.41) is 6.70. The summed E-state index contributed by atoms with van der Waals surface area (Å²) >= 11 is 5.85. The third-order valence-electron chi connectivity index (χ3n) is 2.54. The molecule has 0 amide bonds. The van der Waals surface area contributed by atoms with Crippen LogP contribution in [0.15, 0.2) is 18.2 Å². The molecule has 0 aromatic heterocycles. The monoisotopic (exact) mass is 274 g/mol. The van der Waals surface area contributed by atoms with Crippen LogP contribution in [0.4, 0.5) is 4.39 Å². The predicted octanol–water partition coefficient (Wildman–Crippen LogP) is 2.19. The number of hydrogen-bond acceptors (Lipinski definition) is 3. The van der Waals surface area contributed by atoms with Gasteiger partial charge >= 0.3 is 0 Å². The van der Waals surface area contributed by atoms with Gasteiger partial charge in [0.05, 0.1) is 11.6 Å². The molecule has 1 rings (SSSR count). The Morgan fingerprint density at radius 1 is 1.22 bits per heavy atom. The molecule has 0 atom stereocenters. The lowest BCUT2D eigenvalue weighted by Crippen LogP contribution is -2.24. The molecule has 0 aliphatic heterocycles. The Balaban J connectivity index is 2.09. The Bertz CT molecular complexity index is 350. The topological polar surface area (TPSA) is 33.3 Å². The lowest BCUT2D eigenvalue weighted by Gasteiger charge is -2.08. The first-order chi connectivity index (χ1) is 8.75. The molecule has 18 heavy (non-hydrogen) atoms. The quantitative estimate of drug-likeness (QED) is 0.678. The number of rotatable bonds is 9. The molecule has 3 nitrogen and oxygen atoms in total. The smallest absolute Gasteiger partial charge is 0.142 e. The zero-order valence-corrected chi connectivity index (χ0v) is 11.4. The number of hydrogen-bond donors (Lipinski definition) is 2. The average Bonchev–Trinajstić information content (AvgIpc) is 2.37. The van der Waals surface area contributed by atoms with E-state index in [1.54, 1.807) is 13.2 Å². The number of halogens is 2. The summed E-state index contributed by atoms with van der Waals surface area (Å²) in [6, 6.07) is 4.87. The van der Waals surface area contributed by atoms with Gasteiger partial charge in [-0.2, -0.15) is 0 Å². The van der Waals surface area contributed by atoms with Gasteiger partial charge in [0.15, 0.2) is 0 Å². The fourth-order valence-corrected chi connectivity index (χ4v) is 1.74. The first-order valence-corrected chi connectivity index (χ1v) is 6.46. The fourth-order valence-electron chi connectivity index (χ4n) is 1.55. The molecule has 0 fully saturated rings. The third-order valence-corrected chi connectivity index (χ3v) is 2.96. The molecule has 5 heteroatoms. The molecule has 0 spiro atoms. The first-order valence-electron chi connectivity index (χ1n) is 6.09. The fraction of sp³-hybridized carbons (Fsp3) is 0.538. The molecule has 0 saturated carbocycles. The molecule has 2 N–H and O–H groups in total. The van der Waals surface area contributed by atoms with Crippen LogP contribution in [0.1, 0.15) is 12.0 Å². The van der Waals surface area contributed by atoms with Crippen molar-refractivity contribution in [1.82, 2.24) is 10.6 Å². The summed E-state index contributed by atoms with van der Waals surface area (Å²) in [5.41, 5.74) is 0.795. The van der Waals surface area contributed by atoms with Crippen molar-refractivity contribution in [3.05, 3.63) is 34.6 Å². The van der Waals surface area contributed by atoms with E-state index < -0.39 is 0 Å². The van der Waals surface area contributed by atoms with Gasteiger partial charge in [-0.3, -0.25) is 0 Å². The lowest BCUT2D eigenvalue weighted by molar-refractivity contribution is 0.199. The Hall–Kier alpha value is -0.680. The van der Waals surface area contributed by atoms with E-state index in [0.29, 0.717) is 6.54 Å². The maximum atomic E-state index is 13.1. The van der Waals surface area contributed by atoms with E-state index in [1.165, 1.54) is 6.07 Å². The molecule has 0 radical (unpaired) electrons. The van der Waals surface area contributed by atoms with Crippen LogP contribution in [0, 0.1) is 5.82 Å². The SMILES string of the molecule is COCCNCCCNCc1cccc(F)c1Cl. The highest BCUT2D eigenvalue weighted by molar-refractivity contribution is 6.31. The van der Waals surface area contributed by atoms with E-state index >= 15 is 0 Å². The van der Waals surface area contributed by atoms with E-state index in [0.717, 1.165) is 38.2 Å². The van der Waals surface area contributed by atoms with Crippen LogP contribution in [0.3, 0.4) is 0 Å². The highest BCUT2D eigenvalue weighted by Crippen LogP contribution is 2.19. The highest BCUT2D eigenvalue weighted by Gasteiger charge is 2.04. The normalized spacial score (nSPS) is 10.8. The van der Waals surface area contributed by atoms with Crippen molar-refractivity contribution in [3.8, 4) is 0 Å². The molecule has 0 unspecified atom stereocenters. The lowest BCUT2D eigenvalue weighted by atomic mass is 10.2. The molecule has 1 aromatic carbocycles. The summed E-state index contributed by atoms with van der Waals surface area (Å²) in [6.45, 7) is 3.99. The minimum Gasteiger partial charge on any atom is -0.383 e. The Kier molecular flexibility index (Phi) is 7.93.